The Hall–Kier alpha value is -1.37. The molecule has 6 nitrogen and oxygen atoms in total. The Morgan fingerprint density at radius 1 is 1.67 bits per heavy atom. The molecule has 0 spiro atoms. The molecule has 7 heteroatoms. The number of nitrogens with two attached hydrogens (primary N) is 1. The van der Waals surface area contributed by atoms with E-state index in [0.717, 1.165) is 32.4 Å². The van der Waals surface area contributed by atoms with Gasteiger partial charge < -0.3 is 15.1 Å². The van der Waals surface area contributed by atoms with Crippen LogP contribution in [0.3, 0.4) is 0 Å². The van der Waals surface area contributed by atoms with Crippen molar-refractivity contribution in [3.8, 4) is 0 Å². The number of aromatic nitrogens is 1. The van der Waals surface area contributed by atoms with Crippen LogP contribution in [0, 0.1) is 0 Å². The highest BCUT2D eigenvalue weighted by atomic mass is 35.5. The third kappa shape index (κ3) is 4.06. The number of likely N-dealkylation sites (tertiary alicyclic amines) is 1. The number of carbonyl (C=O) groups is 1. The summed E-state index contributed by atoms with van der Waals surface area (Å²) in [5, 5.41) is 0.333. The molecule has 0 radical (unpaired) electrons. The average molecular weight is 313 g/mol. The number of hydrogen-bond acceptors (Lipinski definition) is 5. The van der Waals surface area contributed by atoms with Crippen LogP contribution in [0.15, 0.2) is 12.3 Å². The van der Waals surface area contributed by atoms with Gasteiger partial charge in [-0.15, -0.1) is 0 Å². The van der Waals surface area contributed by atoms with Crippen molar-refractivity contribution in [2.45, 2.75) is 32.3 Å². The normalized spacial score (nSPS) is 18.6. The van der Waals surface area contributed by atoms with Crippen molar-refractivity contribution in [3.63, 3.8) is 0 Å². The van der Waals surface area contributed by atoms with Crippen molar-refractivity contribution in [2.75, 3.05) is 25.1 Å². The van der Waals surface area contributed by atoms with Crippen molar-refractivity contribution in [1.29, 1.82) is 0 Å². The van der Waals surface area contributed by atoms with Gasteiger partial charge in [0, 0.05) is 25.9 Å². The van der Waals surface area contributed by atoms with Crippen LogP contribution in [0.5, 0.6) is 0 Å². The van der Waals surface area contributed by atoms with Crippen LogP contribution in [0.25, 0.3) is 0 Å². The van der Waals surface area contributed by atoms with E-state index in [1.807, 2.05) is 0 Å². The summed E-state index contributed by atoms with van der Waals surface area (Å²) in [4.78, 5) is 18.3. The number of pyridine rings is 1. The van der Waals surface area contributed by atoms with Gasteiger partial charge in [-0.3, -0.25) is 4.79 Å². The maximum atomic E-state index is 12.5. The Morgan fingerprint density at radius 2 is 2.48 bits per heavy atom. The number of nitrogens with zero attached hydrogens (tertiary/aromatic N) is 2. The van der Waals surface area contributed by atoms with Crippen LogP contribution >= 0.6 is 11.6 Å². The third-order valence-corrected chi connectivity index (χ3v) is 3.74. The lowest BCUT2D eigenvalue weighted by Crippen LogP contribution is -2.43. The van der Waals surface area contributed by atoms with E-state index in [1.165, 1.54) is 6.20 Å². The predicted octanol–water partition coefficient (Wildman–Crippen LogP) is 2.05. The minimum Gasteiger partial charge on any atom is -0.376 e. The van der Waals surface area contributed by atoms with Gasteiger partial charge in [-0.2, -0.15) is 0 Å². The fraction of sp³-hybridized carbons (Fsp3) is 0.571. The molecule has 1 aliphatic rings. The summed E-state index contributed by atoms with van der Waals surface area (Å²) in [6.45, 7) is 4.16. The zero-order valence-electron chi connectivity index (χ0n) is 12.1. The van der Waals surface area contributed by atoms with Crippen molar-refractivity contribution in [1.82, 2.24) is 9.88 Å². The van der Waals surface area contributed by atoms with E-state index in [-0.39, 0.29) is 12.0 Å². The fourth-order valence-corrected chi connectivity index (χ4v) is 2.61. The molecule has 1 aromatic rings. The number of piperidine rings is 1. The van der Waals surface area contributed by atoms with E-state index in [2.05, 4.69) is 17.3 Å². The Bertz CT molecular complexity index is 498. The summed E-state index contributed by atoms with van der Waals surface area (Å²) in [6, 6.07) is 1.59. The molecule has 1 atom stereocenters. The van der Waals surface area contributed by atoms with Crippen molar-refractivity contribution < 1.29 is 9.53 Å². The first-order valence-electron chi connectivity index (χ1n) is 7.18. The van der Waals surface area contributed by atoms with Gasteiger partial charge in [0.1, 0.15) is 0 Å². The summed E-state index contributed by atoms with van der Waals surface area (Å²) in [5.41, 5.74) is 2.85. The van der Waals surface area contributed by atoms with Crippen LogP contribution in [-0.4, -0.2) is 41.6 Å². The standard InChI is InChI=1S/C14H21ClN4O2/c1-2-6-21-11-4-3-5-19(9-11)14(20)10-7-12(15)13(18-16)17-8-10/h7-8,11H,2-6,9,16H2,1H3,(H,17,18). The summed E-state index contributed by atoms with van der Waals surface area (Å²) < 4.78 is 5.75. The van der Waals surface area contributed by atoms with E-state index in [1.54, 1.807) is 11.0 Å². The molecule has 0 aliphatic carbocycles. The van der Waals surface area contributed by atoms with Crippen LogP contribution < -0.4 is 11.3 Å². The molecule has 0 bridgehead atoms. The summed E-state index contributed by atoms with van der Waals surface area (Å²) in [6.07, 6.45) is 4.54. The van der Waals surface area contributed by atoms with Gasteiger partial charge in [0.15, 0.2) is 5.82 Å². The third-order valence-electron chi connectivity index (χ3n) is 3.45. The minimum absolute atomic E-state index is 0.0715. The van der Waals surface area contributed by atoms with E-state index in [9.17, 15) is 4.79 Å². The number of halogens is 1. The van der Waals surface area contributed by atoms with Gasteiger partial charge in [0.2, 0.25) is 0 Å². The monoisotopic (exact) mass is 312 g/mol. The molecule has 2 heterocycles. The zero-order chi connectivity index (χ0) is 15.2. The average Bonchev–Trinajstić information content (AvgIpc) is 2.52. The van der Waals surface area contributed by atoms with Gasteiger partial charge in [0.05, 0.1) is 16.7 Å². The Balaban J connectivity index is 2.03. The lowest BCUT2D eigenvalue weighted by atomic mass is 10.1. The van der Waals surface area contributed by atoms with Crippen molar-refractivity contribution in [3.05, 3.63) is 22.8 Å². The molecule has 1 saturated heterocycles. The Morgan fingerprint density at radius 3 is 3.14 bits per heavy atom. The highest BCUT2D eigenvalue weighted by Gasteiger charge is 2.25. The molecular formula is C14H21ClN4O2. The van der Waals surface area contributed by atoms with Gasteiger partial charge in [-0.25, -0.2) is 10.8 Å². The van der Waals surface area contributed by atoms with Crippen molar-refractivity contribution in [2.24, 2.45) is 5.84 Å². The quantitative estimate of drug-likeness (QED) is 0.642. The number of nitrogen functional groups attached to an aromatic ring is 1. The number of carbonyl (C=O) groups excluding carboxylic acids is 1. The number of anilines is 1. The number of amides is 1. The first-order chi connectivity index (χ1) is 10.2. The molecule has 0 saturated carbocycles. The topological polar surface area (TPSA) is 80.5 Å². The minimum atomic E-state index is -0.0715. The van der Waals surface area contributed by atoms with Gasteiger partial charge in [0.25, 0.3) is 5.91 Å². The number of rotatable bonds is 5. The number of nitrogens with one attached hydrogen (secondary N) is 1. The van der Waals surface area contributed by atoms with Crippen LogP contribution in [0.2, 0.25) is 5.02 Å². The maximum Gasteiger partial charge on any atom is 0.255 e. The van der Waals surface area contributed by atoms with E-state index in [0.29, 0.717) is 22.9 Å². The highest BCUT2D eigenvalue weighted by molar-refractivity contribution is 6.33. The number of hydrazine groups is 1. The SMILES string of the molecule is CCCOC1CCCN(C(=O)c2cnc(NN)c(Cl)c2)C1. The summed E-state index contributed by atoms with van der Waals surface area (Å²) in [7, 11) is 0. The second-order valence-corrected chi connectivity index (χ2v) is 5.49. The number of hydrogen-bond donors (Lipinski definition) is 2. The van der Waals surface area contributed by atoms with Crippen LogP contribution in [0.4, 0.5) is 5.82 Å². The maximum absolute atomic E-state index is 12.5. The molecule has 1 amide bonds. The Kier molecular flexibility index (Phi) is 5.78. The first kappa shape index (κ1) is 16.0. The molecular weight excluding hydrogens is 292 g/mol. The molecule has 2 rings (SSSR count). The summed E-state index contributed by atoms with van der Waals surface area (Å²) >= 11 is 6.01. The smallest absolute Gasteiger partial charge is 0.255 e. The second kappa shape index (κ2) is 7.59. The zero-order valence-corrected chi connectivity index (χ0v) is 12.9. The largest absolute Gasteiger partial charge is 0.376 e. The lowest BCUT2D eigenvalue weighted by molar-refractivity contribution is 0.00210. The summed E-state index contributed by atoms with van der Waals surface area (Å²) in [5.74, 6) is 5.56. The van der Waals surface area contributed by atoms with E-state index in [4.69, 9.17) is 22.2 Å². The second-order valence-electron chi connectivity index (χ2n) is 5.08. The molecule has 21 heavy (non-hydrogen) atoms. The van der Waals surface area contributed by atoms with Crippen molar-refractivity contribution >= 4 is 23.3 Å². The van der Waals surface area contributed by atoms with Crippen LogP contribution in [0.1, 0.15) is 36.5 Å². The van der Waals surface area contributed by atoms with E-state index >= 15 is 0 Å². The fourth-order valence-electron chi connectivity index (χ4n) is 2.39. The lowest BCUT2D eigenvalue weighted by Gasteiger charge is -2.32. The molecule has 1 aliphatic heterocycles. The van der Waals surface area contributed by atoms with Gasteiger partial charge in [-0.05, 0) is 25.3 Å². The first-order valence-corrected chi connectivity index (χ1v) is 7.56. The number of ether oxygens (including phenoxy) is 1. The predicted molar refractivity (Wildman–Crippen MR) is 82.2 cm³/mol. The Labute approximate surface area is 129 Å². The van der Waals surface area contributed by atoms with Gasteiger partial charge in [-0.1, -0.05) is 18.5 Å². The van der Waals surface area contributed by atoms with Crippen LogP contribution in [-0.2, 0) is 4.74 Å². The molecule has 3 N–H and O–H groups in total. The molecule has 1 aromatic heterocycles. The molecule has 1 unspecified atom stereocenters. The van der Waals surface area contributed by atoms with E-state index < -0.39 is 0 Å². The molecule has 0 aromatic carbocycles. The molecule has 1 fully saturated rings. The van der Waals surface area contributed by atoms with Gasteiger partial charge >= 0.3 is 0 Å². The molecule has 116 valence electrons. The highest BCUT2D eigenvalue weighted by Crippen LogP contribution is 2.21.